The summed E-state index contributed by atoms with van der Waals surface area (Å²) in [5.41, 5.74) is 8.42. The number of fused-ring (bicyclic) bond motifs is 5. The summed E-state index contributed by atoms with van der Waals surface area (Å²) >= 11 is 0. The minimum atomic E-state index is 1.13. The topological polar surface area (TPSA) is 3.24 Å². The van der Waals surface area contributed by atoms with Gasteiger partial charge in [-0.2, -0.15) is 0 Å². The Morgan fingerprint density at radius 2 is 0.745 bits per heavy atom. The SMILES string of the molecule is c1ccc(N(c2ccccc2)c2ccc(-c3c4ccccc4c(-c4ccc5ccccc5c4)c4cc5ccccc5cc34)c3ccccc23)cc1. The molecule has 10 aromatic rings. The van der Waals surface area contributed by atoms with Gasteiger partial charge in [0.25, 0.3) is 0 Å². The Balaban J connectivity index is 1.31. The molecule has 0 aliphatic rings. The van der Waals surface area contributed by atoms with Gasteiger partial charge in [0.05, 0.1) is 5.69 Å². The van der Waals surface area contributed by atoms with Crippen LogP contribution in [0.4, 0.5) is 17.1 Å². The highest BCUT2D eigenvalue weighted by atomic mass is 15.1. The van der Waals surface area contributed by atoms with Crippen LogP contribution in [0.3, 0.4) is 0 Å². The molecule has 0 fully saturated rings. The lowest BCUT2D eigenvalue weighted by molar-refractivity contribution is 1.30. The van der Waals surface area contributed by atoms with Crippen molar-refractivity contribution in [1.29, 1.82) is 0 Å². The van der Waals surface area contributed by atoms with Crippen LogP contribution in [0, 0.1) is 0 Å². The lowest BCUT2D eigenvalue weighted by Crippen LogP contribution is -2.10. The fourth-order valence-electron chi connectivity index (χ4n) is 8.09. The van der Waals surface area contributed by atoms with Crippen molar-refractivity contribution in [2.24, 2.45) is 0 Å². The molecule has 0 aromatic heterocycles. The van der Waals surface area contributed by atoms with Gasteiger partial charge in [0, 0.05) is 16.8 Å². The van der Waals surface area contributed by atoms with Crippen LogP contribution in [0.5, 0.6) is 0 Å². The molecule has 0 aliphatic heterocycles. The molecule has 0 saturated carbocycles. The fraction of sp³-hybridized carbons (Fsp3) is 0. The molecule has 10 rings (SSSR count). The second-order valence-electron chi connectivity index (χ2n) is 13.3. The van der Waals surface area contributed by atoms with Crippen LogP contribution in [-0.4, -0.2) is 0 Å². The first kappa shape index (κ1) is 29.2. The molecule has 0 N–H and O–H groups in total. The van der Waals surface area contributed by atoms with Crippen LogP contribution in [0.1, 0.15) is 0 Å². The smallest absolute Gasteiger partial charge is 0.0540 e. The van der Waals surface area contributed by atoms with E-state index >= 15 is 0 Å². The largest absolute Gasteiger partial charge is 0.310 e. The number of benzene rings is 10. The van der Waals surface area contributed by atoms with E-state index in [9.17, 15) is 0 Å². The van der Waals surface area contributed by atoms with E-state index in [4.69, 9.17) is 0 Å². The normalized spacial score (nSPS) is 11.5. The van der Waals surface area contributed by atoms with Crippen LogP contribution in [0.25, 0.3) is 76.1 Å². The van der Waals surface area contributed by atoms with Crippen LogP contribution >= 0.6 is 0 Å². The number of anilines is 3. The zero-order valence-electron chi connectivity index (χ0n) is 28.0. The maximum absolute atomic E-state index is 2.42. The van der Waals surface area contributed by atoms with E-state index in [0.717, 1.165) is 17.1 Å². The molecule has 1 nitrogen and oxygen atoms in total. The Kier molecular flexibility index (Phi) is 6.89. The van der Waals surface area contributed by atoms with Gasteiger partial charge in [-0.05, 0) is 119 Å². The summed E-state index contributed by atoms with van der Waals surface area (Å²) in [6.07, 6.45) is 0. The van der Waals surface area contributed by atoms with Crippen LogP contribution in [0.15, 0.2) is 200 Å². The molecule has 238 valence electrons. The van der Waals surface area contributed by atoms with Crippen LogP contribution < -0.4 is 4.90 Å². The molecule has 0 amide bonds. The number of hydrogen-bond acceptors (Lipinski definition) is 1. The van der Waals surface area contributed by atoms with E-state index in [1.165, 1.54) is 76.1 Å². The molecular weight excluding hydrogens is 615 g/mol. The maximum atomic E-state index is 2.42. The summed E-state index contributed by atoms with van der Waals surface area (Å²) in [4.78, 5) is 2.37. The summed E-state index contributed by atoms with van der Waals surface area (Å²) in [5.74, 6) is 0. The molecule has 10 aromatic carbocycles. The predicted octanol–water partition coefficient (Wildman–Crippen LogP) is 14.3. The van der Waals surface area contributed by atoms with Crippen molar-refractivity contribution in [3.63, 3.8) is 0 Å². The van der Waals surface area contributed by atoms with Gasteiger partial charge in [-0.15, -0.1) is 0 Å². The molecule has 0 atom stereocenters. The molecule has 0 heterocycles. The molecule has 0 saturated heterocycles. The average Bonchev–Trinajstić information content (AvgIpc) is 3.20. The Hall–Kier alpha value is -6.70. The van der Waals surface area contributed by atoms with E-state index in [-0.39, 0.29) is 0 Å². The molecule has 0 aliphatic carbocycles. The summed E-state index contributed by atoms with van der Waals surface area (Å²) in [6, 6.07) is 73.1. The Morgan fingerprint density at radius 3 is 1.37 bits per heavy atom. The van der Waals surface area contributed by atoms with Gasteiger partial charge in [0.15, 0.2) is 0 Å². The van der Waals surface area contributed by atoms with Gasteiger partial charge in [0.1, 0.15) is 0 Å². The monoisotopic (exact) mass is 647 g/mol. The van der Waals surface area contributed by atoms with Crippen LogP contribution in [0.2, 0.25) is 0 Å². The molecule has 51 heavy (non-hydrogen) atoms. The van der Waals surface area contributed by atoms with Crippen molar-refractivity contribution >= 4 is 70.9 Å². The van der Waals surface area contributed by atoms with E-state index in [0.29, 0.717) is 0 Å². The van der Waals surface area contributed by atoms with Gasteiger partial charge in [-0.25, -0.2) is 0 Å². The van der Waals surface area contributed by atoms with Gasteiger partial charge in [0.2, 0.25) is 0 Å². The minimum absolute atomic E-state index is 1.13. The summed E-state index contributed by atoms with van der Waals surface area (Å²) in [5, 5.41) is 12.5. The van der Waals surface area contributed by atoms with E-state index in [1.54, 1.807) is 0 Å². The van der Waals surface area contributed by atoms with Crippen molar-refractivity contribution in [2.75, 3.05) is 4.90 Å². The third-order valence-electron chi connectivity index (χ3n) is 10.4. The summed E-state index contributed by atoms with van der Waals surface area (Å²) in [6.45, 7) is 0. The average molecular weight is 648 g/mol. The molecule has 0 bridgehead atoms. The lowest BCUT2D eigenvalue weighted by Gasteiger charge is -2.28. The number of hydrogen-bond donors (Lipinski definition) is 0. The van der Waals surface area contributed by atoms with E-state index < -0.39 is 0 Å². The third kappa shape index (κ3) is 4.86. The Morgan fingerprint density at radius 1 is 0.275 bits per heavy atom. The number of nitrogens with zero attached hydrogens (tertiary/aromatic N) is 1. The first-order valence-corrected chi connectivity index (χ1v) is 17.6. The number of para-hydroxylation sites is 2. The summed E-state index contributed by atoms with van der Waals surface area (Å²) < 4.78 is 0. The van der Waals surface area contributed by atoms with Crippen molar-refractivity contribution < 1.29 is 0 Å². The lowest BCUT2D eigenvalue weighted by atomic mass is 9.83. The molecule has 0 unspecified atom stereocenters. The quantitative estimate of drug-likeness (QED) is 0.168. The Bertz CT molecular complexity index is 2870. The van der Waals surface area contributed by atoms with E-state index in [1.807, 2.05) is 0 Å². The second kappa shape index (κ2) is 12.0. The van der Waals surface area contributed by atoms with Gasteiger partial charge >= 0.3 is 0 Å². The standard InChI is InChI=1S/C50H33N/c1-3-19-39(20-4-1)51(40-21-5-2-6-22-40)48-30-29-45(41-23-11-12-24-42(41)48)50-44-26-14-13-25-43(44)49(38-28-27-34-15-7-8-16-35(34)31-38)46-32-36-17-9-10-18-37(36)33-47(46)50/h1-33H. The predicted molar refractivity (Wildman–Crippen MR) is 220 cm³/mol. The highest BCUT2D eigenvalue weighted by Crippen LogP contribution is 2.48. The van der Waals surface area contributed by atoms with Gasteiger partial charge in [-0.1, -0.05) is 152 Å². The van der Waals surface area contributed by atoms with Crippen LogP contribution in [-0.2, 0) is 0 Å². The van der Waals surface area contributed by atoms with Crippen molar-refractivity contribution in [2.45, 2.75) is 0 Å². The molecule has 0 radical (unpaired) electrons. The zero-order valence-corrected chi connectivity index (χ0v) is 28.0. The number of rotatable bonds is 5. The molecule has 0 spiro atoms. The van der Waals surface area contributed by atoms with Gasteiger partial charge in [-0.3, -0.25) is 0 Å². The molecular formula is C50H33N. The first-order chi connectivity index (χ1) is 25.3. The van der Waals surface area contributed by atoms with Crippen molar-refractivity contribution in [3.05, 3.63) is 200 Å². The highest BCUT2D eigenvalue weighted by Gasteiger charge is 2.21. The highest BCUT2D eigenvalue weighted by molar-refractivity contribution is 6.26. The Labute approximate surface area is 297 Å². The zero-order chi connectivity index (χ0) is 33.7. The fourth-order valence-corrected chi connectivity index (χ4v) is 8.09. The van der Waals surface area contributed by atoms with Crippen molar-refractivity contribution in [1.82, 2.24) is 0 Å². The minimum Gasteiger partial charge on any atom is -0.310 e. The van der Waals surface area contributed by atoms with Gasteiger partial charge < -0.3 is 4.90 Å². The van der Waals surface area contributed by atoms with E-state index in [2.05, 4.69) is 205 Å². The second-order valence-corrected chi connectivity index (χ2v) is 13.3. The van der Waals surface area contributed by atoms with Crippen molar-refractivity contribution in [3.8, 4) is 22.3 Å². The third-order valence-corrected chi connectivity index (χ3v) is 10.4. The maximum Gasteiger partial charge on any atom is 0.0540 e. The summed E-state index contributed by atoms with van der Waals surface area (Å²) in [7, 11) is 0. The first-order valence-electron chi connectivity index (χ1n) is 17.6. The molecule has 1 heteroatoms.